The fourth-order valence-corrected chi connectivity index (χ4v) is 0.831. The van der Waals surface area contributed by atoms with Crippen molar-refractivity contribution in [3.05, 3.63) is 7.05 Å². The third kappa shape index (κ3) is 1.63. The van der Waals surface area contributed by atoms with Crippen molar-refractivity contribution in [3.63, 3.8) is 0 Å². The van der Waals surface area contributed by atoms with E-state index in [1.165, 1.54) is 0 Å². The summed E-state index contributed by atoms with van der Waals surface area (Å²) < 4.78 is 17.0. The van der Waals surface area contributed by atoms with Crippen molar-refractivity contribution in [1.82, 2.24) is 4.90 Å². The zero-order valence-electron chi connectivity index (χ0n) is 5.35. The maximum absolute atomic E-state index is 12.0. The monoisotopic (exact) mass is 132 g/mol. The number of hydrogen-bond acceptors (Lipinski definition) is 2. The number of morpholine rings is 1. The molecule has 0 amide bonds. The summed E-state index contributed by atoms with van der Waals surface area (Å²) in [5.74, 6) is 0. The van der Waals surface area contributed by atoms with E-state index in [1.54, 1.807) is 4.90 Å². The molecule has 1 atom stereocenters. The molecule has 0 aromatic rings. The first-order valence-corrected chi connectivity index (χ1v) is 3.05. The van der Waals surface area contributed by atoms with E-state index in [2.05, 4.69) is 7.05 Å². The number of hydrogen-bond donors (Lipinski definition) is 0. The van der Waals surface area contributed by atoms with Crippen LogP contribution in [0.3, 0.4) is 0 Å². The van der Waals surface area contributed by atoms with Crippen molar-refractivity contribution in [2.75, 3.05) is 26.4 Å². The maximum atomic E-state index is 12.0. The molecule has 1 rings (SSSR count). The normalized spacial score (nSPS) is 30.7. The zero-order valence-corrected chi connectivity index (χ0v) is 5.35. The Morgan fingerprint density at radius 2 is 2.56 bits per heavy atom. The highest BCUT2D eigenvalue weighted by molar-refractivity contribution is 4.72. The molecule has 0 bridgehead atoms. The molecule has 1 aliphatic heterocycles. The Kier molecular flexibility index (Phi) is 2.42. The average molecular weight is 132 g/mol. The fraction of sp³-hybridized carbons (Fsp3) is 0.833. The van der Waals surface area contributed by atoms with Crippen LogP contribution in [0.1, 0.15) is 0 Å². The van der Waals surface area contributed by atoms with E-state index in [0.717, 1.165) is 6.54 Å². The van der Waals surface area contributed by atoms with Crippen LogP contribution in [-0.4, -0.2) is 37.4 Å². The first-order chi connectivity index (χ1) is 4.34. The molecule has 0 saturated carbocycles. The molecule has 0 aromatic heterocycles. The molecule has 0 N–H and O–H groups in total. The third-order valence-electron chi connectivity index (χ3n) is 1.53. The predicted molar refractivity (Wildman–Crippen MR) is 32.6 cm³/mol. The van der Waals surface area contributed by atoms with Crippen LogP contribution in [0.2, 0.25) is 0 Å². The minimum atomic E-state index is -0.358. The van der Waals surface area contributed by atoms with Crippen LogP contribution < -0.4 is 0 Å². The second kappa shape index (κ2) is 3.13. The predicted octanol–water partition coefficient (Wildman–Crippen LogP) is 0.448. The number of nitrogens with zero attached hydrogens (tertiary/aromatic N) is 1. The van der Waals surface area contributed by atoms with Gasteiger partial charge in [0.2, 0.25) is 0 Å². The Morgan fingerprint density at radius 3 is 3.00 bits per heavy atom. The molecular formula is C6H11FNO-. The highest BCUT2D eigenvalue weighted by Crippen LogP contribution is 2.04. The summed E-state index contributed by atoms with van der Waals surface area (Å²) >= 11 is 0. The van der Waals surface area contributed by atoms with E-state index in [1.807, 2.05) is 0 Å². The van der Waals surface area contributed by atoms with E-state index in [4.69, 9.17) is 4.74 Å². The summed E-state index contributed by atoms with van der Waals surface area (Å²) in [6.07, 6.45) is 0. The van der Waals surface area contributed by atoms with Crippen LogP contribution >= 0.6 is 0 Å². The van der Waals surface area contributed by atoms with Gasteiger partial charge in [-0.2, -0.15) is 0 Å². The molecule has 1 aliphatic rings. The maximum Gasteiger partial charge on any atom is 0.105 e. The van der Waals surface area contributed by atoms with E-state index < -0.39 is 0 Å². The van der Waals surface area contributed by atoms with Gasteiger partial charge in [-0.3, -0.25) is 7.05 Å². The highest BCUT2D eigenvalue weighted by Gasteiger charge is 2.13. The Balaban J connectivity index is 2.30. The molecule has 2 nitrogen and oxygen atoms in total. The quantitative estimate of drug-likeness (QED) is 0.480. The minimum Gasteiger partial charge on any atom is -0.451 e. The van der Waals surface area contributed by atoms with Crippen LogP contribution in [-0.2, 0) is 4.74 Å². The Labute approximate surface area is 54.6 Å². The highest BCUT2D eigenvalue weighted by atomic mass is 19.1. The zero-order chi connectivity index (χ0) is 6.69. The van der Waals surface area contributed by atoms with Crippen molar-refractivity contribution >= 4 is 0 Å². The van der Waals surface area contributed by atoms with E-state index in [0.29, 0.717) is 13.2 Å². The van der Waals surface area contributed by atoms with Gasteiger partial charge in [-0.1, -0.05) is 0 Å². The molecule has 0 aliphatic carbocycles. The third-order valence-corrected chi connectivity index (χ3v) is 1.53. The smallest absolute Gasteiger partial charge is 0.105 e. The molecule has 1 heterocycles. The number of rotatable bonds is 1. The van der Waals surface area contributed by atoms with Gasteiger partial charge in [0, 0.05) is 6.04 Å². The molecular weight excluding hydrogens is 121 g/mol. The van der Waals surface area contributed by atoms with Crippen LogP contribution in [0.4, 0.5) is 4.39 Å². The van der Waals surface area contributed by atoms with Gasteiger partial charge >= 0.3 is 0 Å². The second-order valence-electron chi connectivity index (χ2n) is 2.20. The number of halogens is 1. The summed E-state index contributed by atoms with van der Waals surface area (Å²) in [5.41, 5.74) is 0. The van der Waals surface area contributed by atoms with E-state index in [-0.39, 0.29) is 12.7 Å². The van der Waals surface area contributed by atoms with Gasteiger partial charge in [0.1, 0.15) is 6.67 Å². The molecule has 1 unspecified atom stereocenters. The number of alkyl halides is 1. The van der Waals surface area contributed by atoms with Crippen molar-refractivity contribution in [3.8, 4) is 0 Å². The average Bonchev–Trinajstić information content (AvgIpc) is 1.89. The van der Waals surface area contributed by atoms with Gasteiger partial charge in [-0.25, -0.2) is 4.39 Å². The van der Waals surface area contributed by atoms with Crippen LogP contribution in [0.25, 0.3) is 0 Å². The van der Waals surface area contributed by atoms with E-state index in [9.17, 15) is 4.39 Å². The molecule has 9 heavy (non-hydrogen) atoms. The van der Waals surface area contributed by atoms with Gasteiger partial charge in [-0.15, -0.1) is 0 Å². The summed E-state index contributed by atoms with van der Waals surface area (Å²) in [6, 6.07) is -0.112. The largest absolute Gasteiger partial charge is 0.451 e. The second-order valence-corrected chi connectivity index (χ2v) is 2.20. The van der Waals surface area contributed by atoms with Crippen molar-refractivity contribution in [2.45, 2.75) is 6.04 Å². The lowest BCUT2D eigenvalue weighted by molar-refractivity contribution is 0.00606. The Bertz CT molecular complexity index is 89.1. The lowest BCUT2D eigenvalue weighted by atomic mass is 10.3. The lowest BCUT2D eigenvalue weighted by Gasteiger charge is -2.36. The molecule has 0 radical (unpaired) electrons. The van der Waals surface area contributed by atoms with Gasteiger partial charge in [0.05, 0.1) is 13.2 Å². The summed E-state index contributed by atoms with van der Waals surface area (Å²) in [6.45, 7) is 1.55. The SMILES string of the molecule is [CH2-]N1CCOCC1CF. The van der Waals surface area contributed by atoms with Gasteiger partial charge in [0.25, 0.3) is 0 Å². The Hall–Kier alpha value is -0.150. The summed E-state index contributed by atoms with van der Waals surface area (Å²) in [5, 5.41) is 0. The first-order valence-electron chi connectivity index (χ1n) is 3.05. The van der Waals surface area contributed by atoms with Crippen molar-refractivity contribution in [1.29, 1.82) is 0 Å². The molecule has 1 fully saturated rings. The fourth-order valence-electron chi connectivity index (χ4n) is 0.831. The van der Waals surface area contributed by atoms with Crippen molar-refractivity contribution in [2.24, 2.45) is 0 Å². The minimum absolute atomic E-state index is 0.112. The number of ether oxygens (including phenoxy) is 1. The molecule has 54 valence electrons. The molecule has 3 heteroatoms. The summed E-state index contributed by atoms with van der Waals surface area (Å²) in [7, 11) is 3.66. The van der Waals surface area contributed by atoms with Gasteiger partial charge < -0.3 is 9.64 Å². The van der Waals surface area contributed by atoms with Crippen LogP contribution in [0.15, 0.2) is 0 Å². The van der Waals surface area contributed by atoms with Crippen LogP contribution in [0, 0.1) is 7.05 Å². The van der Waals surface area contributed by atoms with Crippen LogP contribution in [0.5, 0.6) is 0 Å². The van der Waals surface area contributed by atoms with Crippen molar-refractivity contribution < 1.29 is 9.13 Å². The molecule has 0 aromatic carbocycles. The lowest BCUT2D eigenvalue weighted by Crippen LogP contribution is -2.42. The first kappa shape index (κ1) is 6.96. The van der Waals surface area contributed by atoms with Gasteiger partial charge in [-0.05, 0) is 6.54 Å². The molecule has 1 saturated heterocycles. The van der Waals surface area contributed by atoms with E-state index >= 15 is 0 Å². The summed E-state index contributed by atoms with van der Waals surface area (Å²) in [4.78, 5) is 1.74. The standard InChI is InChI=1S/C6H11FNO/c1-8-2-3-9-5-6(8)4-7/h6H,1-5H2/q-1. The molecule has 0 spiro atoms. The Morgan fingerprint density at radius 1 is 1.78 bits per heavy atom. The van der Waals surface area contributed by atoms with Gasteiger partial charge in [0.15, 0.2) is 0 Å². The topological polar surface area (TPSA) is 12.5 Å².